The van der Waals surface area contributed by atoms with E-state index >= 15 is 0 Å². The molecule has 0 aliphatic carbocycles. The molecule has 0 saturated heterocycles. The van der Waals surface area contributed by atoms with Gasteiger partial charge in [0.05, 0.1) is 31.2 Å². The van der Waals surface area contributed by atoms with Crippen molar-refractivity contribution in [1.29, 1.82) is 0 Å². The first-order valence-electron chi connectivity index (χ1n) is 7.77. The van der Waals surface area contributed by atoms with Gasteiger partial charge in [0.1, 0.15) is 0 Å². The summed E-state index contributed by atoms with van der Waals surface area (Å²) in [5.41, 5.74) is 2.41. The first-order valence-corrected chi connectivity index (χ1v) is 10.0. The Morgan fingerprint density at radius 2 is 0.786 bits per heavy atom. The van der Waals surface area contributed by atoms with Crippen LogP contribution in [0.5, 0.6) is 0 Å². The maximum Gasteiger partial charge on any atom is 0.0622 e. The highest BCUT2D eigenvalue weighted by Gasteiger charge is 2.07. The Balaban J connectivity index is 2.02. The van der Waals surface area contributed by atoms with E-state index in [0.717, 1.165) is 0 Å². The van der Waals surface area contributed by atoms with Crippen molar-refractivity contribution in [3.8, 4) is 23.7 Å². The van der Waals surface area contributed by atoms with Crippen molar-refractivity contribution in [3.63, 3.8) is 0 Å². The molecule has 0 radical (unpaired) electrons. The lowest BCUT2D eigenvalue weighted by molar-refractivity contribution is 1.57. The first kappa shape index (κ1) is 21.2. The predicted molar refractivity (Wildman–Crippen MR) is 121 cm³/mol. The monoisotopic (exact) mass is 482 g/mol. The third-order valence-electron chi connectivity index (χ3n) is 3.59. The second-order valence-electron chi connectivity index (χ2n) is 5.53. The summed E-state index contributed by atoms with van der Waals surface area (Å²) < 4.78 is 0. The molecular weight excluding hydrogens is 477 g/mol. The maximum atomic E-state index is 6.19. The molecule has 0 spiro atoms. The largest absolute Gasteiger partial charge is 0.0842 e. The Bertz CT molecular complexity index is 1050. The van der Waals surface area contributed by atoms with E-state index in [1.165, 1.54) is 0 Å². The quantitative estimate of drug-likeness (QED) is 0.281. The van der Waals surface area contributed by atoms with Crippen molar-refractivity contribution in [1.82, 2.24) is 0 Å². The number of halogens is 6. The highest BCUT2D eigenvalue weighted by atomic mass is 35.5. The van der Waals surface area contributed by atoms with Gasteiger partial charge >= 0.3 is 0 Å². The SMILES string of the molecule is Clc1cc(Cl)c(C#Cc2ccccc2C#Cc2c(Cl)cc(Cl)cc2Cl)c(Cl)c1. The molecule has 28 heavy (non-hydrogen) atoms. The molecule has 0 amide bonds. The van der Waals surface area contributed by atoms with Gasteiger partial charge in [-0.15, -0.1) is 0 Å². The molecule has 0 aromatic heterocycles. The summed E-state index contributed by atoms with van der Waals surface area (Å²) in [6, 6.07) is 13.8. The molecule has 3 rings (SSSR count). The van der Waals surface area contributed by atoms with Crippen LogP contribution in [0.2, 0.25) is 30.1 Å². The van der Waals surface area contributed by atoms with Crippen LogP contribution in [0.4, 0.5) is 0 Å². The predicted octanol–water partition coefficient (Wildman–Crippen LogP) is 8.41. The minimum absolute atomic E-state index is 0.383. The Kier molecular flexibility index (Phi) is 7.09. The summed E-state index contributed by atoms with van der Waals surface area (Å²) in [7, 11) is 0. The van der Waals surface area contributed by atoms with Crippen LogP contribution in [-0.4, -0.2) is 0 Å². The normalized spacial score (nSPS) is 9.93. The van der Waals surface area contributed by atoms with Crippen LogP contribution < -0.4 is 0 Å². The minimum atomic E-state index is 0.383. The average Bonchev–Trinajstić information content (AvgIpc) is 2.61. The highest BCUT2D eigenvalue weighted by Crippen LogP contribution is 2.29. The molecule has 0 aliphatic rings. The molecule has 0 unspecified atom stereocenters. The van der Waals surface area contributed by atoms with Gasteiger partial charge in [-0.05, 0) is 36.4 Å². The highest BCUT2D eigenvalue weighted by molar-refractivity contribution is 6.40. The van der Waals surface area contributed by atoms with Crippen LogP contribution in [0.1, 0.15) is 22.3 Å². The Morgan fingerprint density at radius 1 is 0.464 bits per heavy atom. The molecule has 3 aromatic carbocycles. The van der Waals surface area contributed by atoms with E-state index in [-0.39, 0.29) is 0 Å². The third-order valence-corrected chi connectivity index (χ3v) is 5.21. The smallest absolute Gasteiger partial charge is 0.0622 e. The number of hydrogen-bond acceptors (Lipinski definition) is 0. The summed E-state index contributed by atoms with van der Waals surface area (Å²) in [6.45, 7) is 0. The Labute approximate surface area is 193 Å². The van der Waals surface area contributed by atoms with Crippen molar-refractivity contribution >= 4 is 69.6 Å². The van der Waals surface area contributed by atoms with Gasteiger partial charge in [0.15, 0.2) is 0 Å². The lowest BCUT2D eigenvalue weighted by Crippen LogP contribution is -1.86. The van der Waals surface area contributed by atoms with Crippen molar-refractivity contribution in [2.45, 2.75) is 0 Å². The van der Waals surface area contributed by atoms with Gasteiger partial charge in [-0.25, -0.2) is 0 Å². The second-order valence-corrected chi connectivity index (χ2v) is 8.04. The standard InChI is InChI=1S/C22H8Cl6/c23-15-9-19(25)17(20(26)10-15)7-5-13-3-1-2-4-14(13)6-8-18-21(27)11-16(24)12-22(18)28/h1-4,9-12H. The molecule has 0 saturated carbocycles. The molecular formula is C22H8Cl6. The molecule has 138 valence electrons. The summed E-state index contributed by atoms with van der Waals surface area (Å²) in [5.74, 6) is 12.1. The van der Waals surface area contributed by atoms with E-state index in [1.807, 2.05) is 24.3 Å². The van der Waals surface area contributed by atoms with E-state index in [2.05, 4.69) is 23.7 Å². The zero-order valence-electron chi connectivity index (χ0n) is 13.9. The van der Waals surface area contributed by atoms with Gasteiger partial charge in [0.2, 0.25) is 0 Å². The van der Waals surface area contributed by atoms with Crippen LogP contribution in [-0.2, 0) is 0 Å². The van der Waals surface area contributed by atoms with Crippen molar-refractivity contribution in [2.75, 3.05) is 0 Å². The molecule has 0 atom stereocenters. The topological polar surface area (TPSA) is 0 Å². The van der Waals surface area contributed by atoms with Crippen LogP contribution in [0.15, 0.2) is 48.5 Å². The fraction of sp³-hybridized carbons (Fsp3) is 0. The van der Waals surface area contributed by atoms with Crippen molar-refractivity contribution in [3.05, 3.63) is 101 Å². The van der Waals surface area contributed by atoms with Crippen LogP contribution in [0.3, 0.4) is 0 Å². The average molecular weight is 485 g/mol. The zero-order chi connectivity index (χ0) is 20.3. The fourth-order valence-electron chi connectivity index (χ4n) is 2.28. The van der Waals surface area contributed by atoms with Crippen LogP contribution in [0, 0.1) is 23.7 Å². The molecule has 0 aliphatic heterocycles. The molecule has 0 nitrogen and oxygen atoms in total. The third kappa shape index (κ3) is 5.11. The molecule has 3 aromatic rings. The molecule has 6 heteroatoms. The van der Waals surface area contributed by atoms with Crippen molar-refractivity contribution < 1.29 is 0 Å². The lowest BCUT2D eigenvalue weighted by Gasteiger charge is -2.01. The van der Waals surface area contributed by atoms with Gasteiger partial charge in [-0.1, -0.05) is 105 Å². The Morgan fingerprint density at radius 3 is 1.11 bits per heavy atom. The van der Waals surface area contributed by atoms with E-state index in [1.54, 1.807) is 24.3 Å². The summed E-state index contributed by atoms with van der Waals surface area (Å²) >= 11 is 36.6. The summed E-state index contributed by atoms with van der Waals surface area (Å²) in [6.07, 6.45) is 0. The lowest BCUT2D eigenvalue weighted by atomic mass is 10.1. The number of rotatable bonds is 0. The molecule has 0 N–H and O–H groups in total. The van der Waals surface area contributed by atoms with Gasteiger partial charge in [0.25, 0.3) is 0 Å². The molecule has 0 bridgehead atoms. The summed E-state index contributed by atoms with van der Waals surface area (Å²) in [5, 5.41) is 2.43. The minimum Gasteiger partial charge on any atom is -0.0842 e. The Hall–Kier alpha value is -1.48. The summed E-state index contributed by atoms with van der Waals surface area (Å²) in [4.78, 5) is 0. The van der Waals surface area contributed by atoms with Gasteiger partial charge in [-0.2, -0.15) is 0 Å². The molecule has 0 heterocycles. The number of benzene rings is 3. The second kappa shape index (κ2) is 9.35. The number of hydrogen-bond donors (Lipinski definition) is 0. The van der Waals surface area contributed by atoms with E-state index in [4.69, 9.17) is 69.6 Å². The van der Waals surface area contributed by atoms with Crippen LogP contribution >= 0.6 is 69.6 Å². The van der Waals surface area contributed by atoms with Crippen LogP contribution in [0.25, 0.3) is 0 Å². The first-order chi connectivity index (χ1) is 13.3. The van der Waals surface area contributed by atoms with Gasteiger partial charge in [-0.3, -0.25) is 0 Å². The van der Waals surface area contributed by atoms with Gasteiger partial charge in [0, 0.05) is 21.2 Å². The van der Waals surface area contributed by atoms with E-state index in [9.17, 15) is 0 Å². The zero-order valence-corrected chi connectivity index (χ0v) is 18.4. The van der Waals surface area contributed by atoms with Gasteiger partial charge < -0.3 is 0 Å². The van der Waals surface area contributed by atoms with Crippen molar-refractivity contribution in [2.24, 2.45) is 0 Å². The van der Waals surface area contributed by atoms with E-state index < -0.39 is 0 Å². The molecule has 0 fully saturated rings. The van der Waals surface area contributed by atoms with E-state index in [0.29, 0.717) is 52.4 Å². The maximum absolute atomic E-state index is 6.19. The fourth-order valence-corrected chi connectivity index (χ4v) is 4.11.